The average molecular weight is 385 g/mol. The third-order valence-corrected chi connectivity index (χ3v) is 5.17. The van der Waals surface area contributed by atoms with Gasteiger partial charge in [-0.15, -0.1) is 0 Å². The Bertz CT molecular complexity index is 968. The van der Waals surface area contributed by atoms with E-state index in [1.54, 1.807) is 0 Å². The van der Waals surface area contributed by atoms with Gasteiger partial charge in [-0.25, -0.2) is 0 Å². The molecule has 1 aliphatic heterocycles. The molecule has 0 unspecified atom stereocenters. The molecule has 0 fully saturated rings. The fourth-order valence-corrected chi connectivity index (χ4v) is 3.70. The number of para-hydroxylation sites is 1. The molecule has 0 atom stereocenters. The van der Waals surface area contributed by atoms with Crippen LogP contribution in [0.15, 0.2) is 46.9 Å². The first-order valence-electron chi connectivity index (χ1n) is 8.96. The zero-order valence-corrected chi connectivity index (χ0v) is 15.9. The molecule has 140 valence electrons. The minimum Gasteiger partial charge on any atom is -0.484 e. The molecule has 5 nitrogen and oxygen atoms in total. The van der Waals surface area contributed by atoms with Crippen molar-refractivity contribution in [1.82, 2.24) is 10.2 Å². The number of benzene rings is 2. The van der Waals surface area contributed by atoms with E-state index in [9.17, 15) is 4.79 Å². The Kier molecular flexibility index (Phi) is 5.05. The van der Waals surface area contributed by atoms with Crippen molar-refractivity contribution < 1.29 is 13.9 Å². The number of carbonyl (C=O) groups excluding carboxylic acids is 1. The molecule has 1 aliphatic rings. The second-order valence-electron chi connectivity index (χ2n) is 6.77. The van der Waals surface area contributed by atoms with Gasteiger partial charge in [-0.3, -0.25) is 4.79 Å². The maximum Gasteiger partial charge on any atom is 0.258 e. The number of hydrogen-bond acceptors (Lipinski definition) is 4. The summed E-state index contributed by atoms with van der Waals surface area (Å²) in [4.78, 5) is 14.4. The van der Waals surface area contributed by atoms with Crippen molar-refractivity contribution in [2.24, 2.45) is 0 Å². The molecular weight excluding hydrogens is 364 g/mol. The van der Waals surface area contributed by atoms with Crippen LogP contribution in [0.2, 0.25) is 5.02 Å². The summed E-state index contributed by atoms with van der Waals surface area (Å²) in [7, 11) is 2.08. The first-order valence-corrected chi connectivity index (χ1v) is 9.34. The highest BCUT2D eigenvalue weighted by Gasteiger charge is 2.23. The van der Waals surface area contributed by atoms with Crippen molar-refractivity contribution in [2.75, 3.05) is 20.2 Å². The number of rotatable bonds is 5. The van der Waals surface area contributed by atoms with E-state index >= 15 is 0 Å². The number of halogens is 1. The van der Waals surface area contributed by atoms with E-state index in [0.717, 1.165) is 52.4 Å². The van der Waals surface area contributed by atoms with Crippen LogP contribution >= 0.6 is 11.6 Å². The largest absolute Gasteiger partial charge is 0.484 e. The summed E-state index contributed by atoms with van der Waals surface area (Å²) in [5.74, 6) is 1.26. The maximum atomic E-state index is 12.2. The molecule has 2 aromatic carbocycles. The molecule has 2 heterocycles. The Morgan fingerprint density at radius 2 is 2.04 bits per heavy atom. The summed E-state index contributed by atoms with van der Waals surface area (Å²) in [6.45, 7) is 2.00. The van der Waals surface area contributed by atoms with Crippen molar-refractivity contribution in [3.8, 4) is 5.75 Å². The van der Waals surface area contributed by atoms with E-state index in [-0.39, 0.29) is 12.5 Å². The van der Waals surface area contributed by atoms with Gasteiger partial charge in [-0.1, -0.05) is 29.8 Å². The van der Waals surface area contributed by atoms with Crippen LogP contribution in [-0.4, -0.2) is 31.0 Å². The second kappa shape index (κ2) is 7.62. The minimum absolute atomic E-state index is 0.0312. The van der Waals surface area contributed by atoms with Gasteiger partial charge in [0.05, 0.1) is 6.54 Å². The summed E-state index contributed by atoms with van der Waals surface area (Å²) in [6, 6.07) is 13.1. The lowest BCUT2D eigenvalue weighted by molar-refractivity contribution is -0.123. The first-order chi connectivity index (χ1) is 13.1. The SMILES string of the molecule is CN1CCc2c(Cl)ccc3oc(CNC(=O)COc4ccccc4)c(c23)C1. The molecule has 0 saturated heterocycles. The van der Waals surface area contributed by atoms with Gasteiger partial charge in [0.1, 0.15) is 17.1 Å². The lowest BCUT2D eigenvalue weighted by Gasteiger charge is -2.14. The van der Waals surface area contributed by atoms with Gasteiger partial charge in [0.25, 0.3) is 5.91 Å². The third-order valence-electron chi connectivity index (χ3n) is 4.82. The minimum atomic E-state index is -0.188. The molecule has 1 aromatic heterocycles. The fraction of sp³-hybridized carbons (Fsp3) is 0.286. The van der Waals surface area contributed by atoms with E-state index in [1.165, 1.54) is 0 Å². The van der Waals surface area contributed by atoms with Crippen LogP contribution in [-0.2, 0) is 24.3 Å². The van der Waals surface area contributed by atoms with Gasteiger partial charge in [0, 0.05) is 29.1 Å². The predicted molar refractivity (Wildman–Crippen MR) is 105 cm³/mol. The Morgan fingerprint density at radius 1 is 1.22 bits per heavy atom. The van der Waals surface area contributed by atoms with Gasteiger partial charge in [-0.05, 0) is 43.3 Å². The normalized spacial score (nSPS) is 14.1. The van der Waals surface area contributed by atoms with Crippen LogP contribution in [0.1, 0.15) is 16.9 Å². The number of ether oxygens (including phenoxy) is 1. The number of hydrogen-bond donors (Lipinski definition) is 1. The first kappa shape index (κ1) is 17.9. The van der Waals surface area contributed by atoms with Crippen molar-refractivity contribution >= 4 is 28.5 Å². The molecule has 3 aromatic rings. The molecule has 0 spiro atoms. The number of carbonyl (C=O) groups is 1. The summed E-state index contributed by atoms with van der Waals surface area (Å²) in [5.41, 5.74) is 3.05. The van der Waals surface area contributed by atoms with E-state index in [1.807, 2.05) is 42.5 Å². The lowest BCUT2D eigenvalue weighted by atomic mass is 10.0. The number of amides is 1. The molecule has 0 radical (unpaired) electrons. The molecule has 1 amide bonds. The third kappa shape index (κ3) is 3.80. The number of furan rings is 1. The molecule has 4 rings (SSSR count). The zero-order valence-electron chi connectivity index (χ0n) is 15.1. The summed E-state index contributed by atoms with van der Waals surface area (Å²) in [6.07, 6.45) is 0.885. The number of likely N-dealkylation sites (N-methyl/N-ethyl adjacent to an activating group) is 1. The van der Waals surface area contributed by atoms with Gasteiger partial charge >= 0.3 is 0 Å². The number of nitrogens with zero attached hydrogens (tertiary/aromatic N) is 1. The van der Waals surface area contributed by atoms with Crippen molar-refractivity contribution in [2.45, 2.75) is 19.5 Å². The van der Waals surface area contributed by atoms with Gasteiger partial charge in [0.15, 0.2) is 6.61 Å². The highest BCUT2D eigenvalue weighted by molar-refractivity contribution is 6.32. The van der Waals surface area contributed by atoms with Gasteiger partial charge < -0.3 is 19.4 Å². The average Bonchev–Trinajstić information content (AvgIpc) is 2.91. The van der Waals surface area contributed by atoms with Gasteiger partial charge in [-0.2, -0.15) is 0 Å². The Labute approximate surface area is 162 Å². The molecule has 1 N–H and O–H groups in total. The molecule has 0 saturated carbocycles. The van der Waals surface area contributed by atoms with Crippen LogP contribution in [0.25, 0.3) is 11.0 Å². The molecule has 6 heteroatoms. The fourth-order valence-electron chi connectivity index (χ4n) is 3.45. The summed E-state index contributed by atoms with van der Waals surface area (Å²) >= 11 is 6.42. The lowest BCUT2D eigenvalue weighted by Crippen LogP contribution is -2.29. The van der Waals surface area contributed by atoms with Crippen LogP contribution in [0, 0.1) is 0 Å². The topological polar surface area (TPSA) is 54.7 Å². The molecule has 0 aliphatic carbocycles. The van der Waals surface area contributed by atoms with E-state index in [2.05, 4.69) is 17.3 Å². The molecule has 0 bridgehead atoms. The summed E-state index contributed by atoms with van der Waals surface area (Å²) in [5, 5.41) is 4.75. The van der Waals surface area contributed by atoms with E-state index in [4.69, 9.17) is 20.8 Å². The van der Waals surface area contributed by atoms with Crippen LogP contribution < -0.4 is 10.1 Å². The summed E-state index contributed by atoms with van der Waals surface area (Å²) < 4.78 is 11.5. The van der Waals surface area contributed by atoms with Crippen molar-refractivity contribution in [1.29, 1.82) is 0 Å². The zero-order chi connectivity index (χ0) is 18.8. The monoisotopic (exact) mass is 384 g/mol. The van der Waals surface area contributed by atoms with E-state index < -0.39 is 0 Å². The highest BCUT2D eigenvalue weighted by Crippen LogP contribution is 2.36. The maximum absolute atomic E-state index is 12.2. The van der Waals surface area contributed by atoms with Crippen molar-refractivity contribution in [3.63, 3.8) is 0 Å². The Morgan fingerprint density at radius 3 is 2.85 bits per heavy atom. The van der Waals surface area contributed by atoms with E-state index in [0.29, 0.717) is 12.3 Å². The molecular formula is C21H21ClN2O3. The Balaban J connectivity index is 1.50. The second-order valence-corrected chi connectivity index (χ2v) is 7.18. The Hall–Kier alpha value is -2.50. The molecule has 27 heavy (non-hydrogen) atoms. The van der Waals surface area contributed by atoms with Crippen LogP contribution in [0.3, 0.4) is 0 Å². The predicted octanol–water partition coefficient (Wildman–Crippen LogP) is 3.77. The highest BCUT2D eigenvalue weighted by atomic mass is 35.5. The quantitative estimate of drug-likeness (QED) is 0.727. The van der Waals surface area contributed by atoms with Crippen LogP contribution in [0.4, 0.5) is 0 Å². The van der Waals surface area contributed by atoms with Crippen LogP contribution in [0.5, 0.6) is 5.75 Å². The van der Waals surface area contributed by atoms with Crippen molar-refractivity contribution in [3.05, 3.63) is 64.4 Å². The number of nitrogens with one attached hydrogen (secondary N) is 1. The standard InChI is InChI=1S/C21H21ClN2O3/c1-24-10-9-15-17(22)7-8-18-21(15)16(12-24)19(27-18)11-23-20(25)13-26-14-5-3-2-4-6-14/h2-8H,9-13H2,1H3,(H,23,25). The van der Waals surface area contributed by atoms with Gasteiger partial charge in [0.2, 0.25) is 0 Å². The smallest absolute Gasteiger partial charge is 0.258 e.